The molecule has 0 bridgehead atoms. The van der Waals surface area contributed by atoms with Crippen LogP contribution in [0.5, 0.6) is 5.75 Å². The van der Waals surface area contributed by atoms with Crippen LogP contribution in [-0.2, 0) is 9.47 Å². The Morgan fingerprint density at radius 2 is 2.10 bits per heavy atom. The third kappa shape index (κ3) is 6.69. The molecule has 1 aliphatic heterocycles. The highest BCUT2D eigenvalue weighted by atomic mass is 16.5. The monoisotopic (exact) mass is 554 g/mol. The molecule has 2 N–H and O–H groups in total. The first-order valence-electron chi connectivity index (χ1n) is 13.2. The zero-order chi connectivity index (χ0) is 28.8. The van der Waals surface area contributed by atoms with Crippen molar-refractivity contribution in [2.45, 2.75) is 33.0 Å². The molecule has 12 heteroatoms. The molecule has 2 aromatic heterocycles. The summed E-state index contributed by atoms with van der Waals surface area (Å²) in [5, 5.41) is 17.1. The number of aryl methyl sites for hydroxylation is 2. The number of methoxy groups -OCH3 is 1. The lowest BCUT2D eigenvalue weighted by Crippen LogP contribution is -2.48. The fourth-order valence-electron chi connectivity index (χ4n) is 4.78. The predicted molar refractivity (Wildman–Crippen MR) is 150 cm³/mol. The highest BCUT2D eigenvalue weighted by molar-refractivity contribution is 5.75. The number of hydrogen-bond donors (Lipinski definition) is 2. The van der Waals surface area contributed by atoms with E-state index in [4.69, 9.17) is 28.7 Å². The minimum atomic E-state index is -0.630. The summed E-state index contributed by atoms with van der Waals surface area (Å²) in [6.07, 6.45) is -1.27. The third-order valence-corrected chi connectivity index (χ3v) is 6.77. The van der Waals surface area contributed by atoms with Gasteiger partial charge in [0.2, 0.25) is 0 Å². The Balaban J connectivity index is 1.71. The minimum absolute atomic E-state index is 0.157. The summed E-state index contributed by atoms with van der Waals surface area (Å²) in [4.78, 5) is 25.6. The quantitative estimate of drug-likeness (QED) is 0.383. The summed E-state index contributed by atoms with van der Waals surface area (Å²) in [6.45, 7) is 8.38. The second-order valence-electron chi connectivity index (χ2n) is 9.88. The van der Waals surface area contributed by atoms with Crippen molar-refractivity contribution >= 4 is 11.9 Å². The number of nitrogens with zero attached hydrogens (tertiary/aromatic N) is 5. The zero-order valence-electron chi connectivity index (χ0n) is 23.9. The highest BCUT2D eigenvalue weighted by Gasteiger charge is 2.28. The SMILES string of the molecule is CNCC(O)COc1cccc(-c2nc(-c3c(C)noc3C)c(C)c(N3CCO[C@@H](CN(C)C(=O)OC)C3)n2)c1. The average Bonchev–Trinajstić information content (AvgIpc) is 3.29. The first-order chi connectivity index (χ1) is 19.2. The number of amides is 1. The molecule has 1 unspecified atom stereocenters. The third-order valence-electron chi connectivity index (χ3n) is 6.77. The molecular formula is C28H38N6O6. The number of aliphatic hydroxyl groups excluding tert-OH is 1. The summed E-state index contributed by atoms with van der Waals surface area (Å²) in [5.74, 6) is 2.57. The number of carbonyl (C=O) groups is 1. The molecule has 1 aromatic carbocycles. The van der Waals surface area contributed by atoms with E-state index in [1.807, 2.05) is 45.0 Å². The fraction of sp³-hybridized carbons (Fsp3) is 0.500. The molecule has 0 spiro atoms. The smallest absolute Gasteiger partial charge is 0.409 e. The van der Waals surface area contributed by atoms with Gasteiger partial charge in [-0.2, -0.15) is 0 Å². The number of aromatic nitrogens is 3. The van der Waals surface area contributed by atoms with E-state index in [1.54, 1.807) is 14.1 Å². The number of anilines is 1. The highest BCUT2D eigenvalue weighted by Crippen LogP contribution is 2.35. The van der Waals surface area contributed by atoms with Crippen molar-refractivity contribution in [3.63, 3.8) is 0 Å². The Morgan fingerprint density at radius 1 is 1.30 bits per heavy atom. The number of likely N-dealkylation sites (N-methyl/N-ethyl adjacent to an activating group) is 2. The lowest BCUT2D eigenvalue weighted by atomic mass is 10.0. The van der Waals surface area contributed by atoms with Crippen LogP contribution in [0.15, 0.2) is 28.8 Å². The topological polar surface area (TPSA) is 135 Å². The number of hydrogen-bond acceptors (Lipinski definition) is 11. The van der Waals surface area contributed by atoms with E-state index in [1.165, 1.54) is 12.0 Å². The van der Waals surface area contributed by atoms with Crippen molar-refractivity contribution in [1.29, 1.82) is 0 Å². The van der Waals surface area contributed by atoms with Gasteiger partial charge in [-0.15, -0.1) is 0 Å². The van der Waals surface area contributed by atoms with Crippen LogP contribution in [0, 0.1) is 20.8 Å². The van der Waals surface area contributed by atoms with Crippen molar-refractivity contribution in [2.75, 3.05) is 65.5 Å². The van der Waals surface area contributed by atoms with Crippen LogP contribution < -0.4 is 15.0 Å². The van der Waals surface area contributed by atoms with E-state index in [0.29, 0.717) is 50.1 Å². The second-order valence-corrected chi connectivity index (χ2v) is 9.88. The van der Waals surface area contributed by atoms with Crippen LogP contribution in [-0.4, -0.2) is 104 Å². The molecule has 2 atom stereocenters. The van der Waals surface area contributed by atoms with Crippen LogP contribution in [0.4, 0.5) is 10.6 Å². The van der Waals surface area contributed by atoms with E-state index < -0.39 is 12.2 Å². The van der Waals surface area contributed by atoms with E-state index in [9.17, 15) is 9.90 Å². The Labute approximate surface area is 234 Å². The maximum absolute atomic E-state index is 11.9. The number of ether oxygens (including phenoxy) is 3. The maximum atomic E-state index is 11.9. The Morgan fingerprint density at radius 3 is 2.80 bits per heavy atom. The van der Waals surface area contributed by atoms with E-state index in [0.717, 1.165) is 33.9 Å². The zero-order valence-corrected chi connectivity index (χ0v) is 23.9. The van der Waals surface area contributed by atoms with Gasteiger partial charge in [0.1, 0.15) is 30.0 Å². The lowest BCUT2D eigenvalue weighted by Gasteiger charge is -2.36. The average molecular weight is 555 g/mol. The van der Waals surface area contributed by atoms with Crippen molar-refractivity contribution in [3.8, 4) is 28.4 Å². The normalized spacial score (nSPS) is 16.1. The predicted octanol–water partition coefficient (Wildman–Crippen LogP) is 2.59. The largest absolute Gasteiger partial charge is 0.491 e. The van der Waals surface area contributed by atoms with Gasteiger partial charge in [-0.3, -0.25) is 0 Å². The summed E-state index contributed by atoms with van der Waals surface area (Å²) in [5.41, 5.74) is 3.97. The minimum Gasteiger partial charge on any atom is -0.491 e. The summed E-state index contributed by atoms with van der Waals surface area (Å²) in [7, 11) is 4.82. The number of benzene rings is 1. The Kier molecular flexibility index (Phi) is 9.56. The molecule has 1 amide bonds. The van der Waals surface area contributed by atoms with Crippen LogP contribution in [0.2, 0.25) is 0 Å². The van der Waals surface area contributed by atoms with Gasteiger partial charge in [0.05, 0.1) is 43.3 Å². The molecule has 0 aliphatic carbocycles. The van der Waals surface area contributed by atoms with E-state index in [-0.39, 0.29) is 12.7 Å². The number of morpholine rings is 1. The summed E-state index contributed by atoms with van der Waals surface area (Å²) >= 11 is 0. The second kappa shape index (κ2) is 13.1. The molecule has 1 aliphatic rings. The molecule has 216 valence electrons. The van der Waals surface area contributed by atoms with Gasteiger partial charge in [-0.05, 0) is 40.0 Å². The van der Waals surface area contributed by atoms with Gasteiger partial charge in [0.25, 0.3) is 0 Å². The molecule has 12 nitrogen and oxygen atoms in total. The standard InChI is InChI=1S/C28H38N6O6/c1-17-25(24-18(2)32-40-19(24)3)30-26(20-8-7-9-22(12-20)39-16-21(35)13-29-4)31-27(17)34-10-11-38-23(15-34)14-33(5)28(36)37-6/h7-9,12,21,23,29,35H,10-11,13-16H2,1-6H3/t21?,23-/m0/s1. The van der Waals surface area contributed by atoms with Crippen LogP contribution in [0.1, 0.15) is 17.0 Å². The molecule has 3 heterocycles. The first-order valence-corrected chi connectivity index (χ1v) is 13.2. The van der Waals surface area contributed by atoms with Crippen LogP contribution >= 0.6 is 0 Å². The Bertz CT molecular complexity index is 1290. The Hall–Kier alpha value is -3.74. The number of rotatable bonds is 10. The summed E-state index contributed by atoms with van der Waals surface area (Å²) in [6, 6.07) is 7.51. The molecule has 3 aromatic rings. The van der Waals surface area contributed by atoms with Gasteiger partial charge >= 0.3 is 6.09 Å². The molecule has 4 rings (SSSR count). The number of carbonyl (C=O) groups excluding carboxylic acids is 1. The van der Waals surface area contributed by atoms with Gasteiger partial charge < -0.3 is 39.0 Å². The fourth-order valence-corrected chi connectivity index (χ4v) is 4.78. The molecule has 1 fully saturated rings. The molecule has 0 radical (unpaired) electrons. The molecule has 40 heavy (non-hydrogen) atoms. The van der Waals surface area contributed by atoms with E-state index >= 15 is 0 Å². The van der Waals surface area contributed by atoms with Crippen molar-refractivity contribution in [3.05, 3.63) is 41.3 Å². The first kappa shape index (κ1) is 29.2. The lowest BCUT2D eigenvalue weighted by molar-refractivity contribution is 0.0197. The molecular weight excluding hydrogens is 516 g/mol. The van der Waals surface area contributed by atoms with Gasteiger partial charge in [0, 0.05) is 37.8 Å². The van der Waals surface area contributed by atoms with Gasteiger partial charge in [-0.25, -0.2) is 14.8 Å². The molecule has 0 saturated carbocycles. The van der Waals surface area contributed by atoms with E-state index in [2.05, 4.69) is 15.4 Å². The van der Waals surface area contributed by atoms with Gasteiger partial charge in [-0.1, -0.05) is 17.3 Å². The van der Waals surface area contributed by atoms with Gasteiger partial charge in [0.15, 0.2) is 5.82 Å². The number of aliphatic hydroxyl groups is 1. The van der Waals surface area contributed by atoms with Crippen molar-refractivity contribution in [2.24, 2.45) is 0 Å². The van der Waals surface area contributed by atoms with Crippen LogP contribution in [0.25, 0.3) is 22.6 Å². The van der Waals surface area contributed by atoms with Crippen molar-refractivity contribution in [1.82, 2.24) is 25.3 Å². The number of nitrogens with one attached hydrogen (secondary N) is 1. The molecule has 1 saturated heterocycles. The van der Waals surface area contributed by atoms with Crippen LogP contribution in [0.3, 0.4) is 0 Å². The maximum Gasteiger partial charge on any atom is 0.409 e. The van der Waals surface area contributed by atoms with Crippen molar-refractivity contribution < 1.29 is 28.6 Å². The summed E-state index contributed by atoms with van der Waals surface area (Å²) < 4.78 is 22.1.